The number of likely N-dealkylation sites (tertiary alicyclic amines) is 1. The van der Waals surface area contributed by atoms with Crippen LogP contribution in [0.15, 0.2) is 18.5 Å². The summed E-state index contributed by atoms with van der Waals surface area (Å²) < 4.78 is 4.25. The molecule has 0 saturated carbocycles. The summed E-state index contributed by atoms with van der Waals surface area (Å²) in [5, 5.41) is 7.28. The molecule has 2 aromatic heterocycles. The van der Waals surface area contributed by atoms with Crippen molar-refractivity contribution in [1.29, 1.82) is 0 Å². The molecule has 1 spiro atoms. The fourth-order valence-electron chi connectivity index (χ4n) is 4.24. The lowest BCUT2D eigenvalue weighted by molar-refractivity contribution is 0.154. The minimum absolute atomic E-state index is 0.0572. The first-order valence-corrected chi connectivity index (χ1v) is 9.10. The Balaban J connectivity index is 1.53. The van der Waals surface area contributed by atoms with E-state index in [9.17, 15) is 4.79 Å². The molecule has 0 radical (unpaired) electrons. The van der Waals surface area contributed by atoms with Crippen molar-refractivity contribution in [3.8, 4) is 11.4 Å². The number of carbonyl (C=O) groups excluding carboxylic acids is 1. The van der Waals surface area contributed by atoms with Crippen molar-refractivity contribution in [1.82, 2.24) is 29.5 Å². The van der Waals surface area contributed by atoms with Gasteiger partial charge in [0.2, 0.25) is 0 Å². The van der Waals surface area contributed by atoms with E-state index in [4.69, 9.17) is 4.98 Å². The van der Waals surface area contributed by atoms with Gasteiger partial charge in [-0.15, -0.1) is 0 Å². The Labute approximate surface area is 148 Å². The normalized spacial score (nSPS) is 18.8. The molecule has 4 rings (SSSR count). The van der Waals surface area contributed by atoms with Gasteiger partial charge in [-0.1, -0.05) is 0 Å². The van der Waals surface area contributed by atoms with E-state index in [1.54, 1.807) is 0 Å². The summed E-state index contributed by atoms with van der Waals surface area (Å²) in [5.41, 5.74) is 2.36. The monoisotopic (exact) mass is 342 g/mol. The van der Waals surface area contributed by atoms with Gasteiger partial charge in [0.1, 0.15) is 5.82 Å². The van der Waals surface area contributed by atoms with Crippen molar-refractivity contribution < 1.29 is 4.79 Å². The van der Waals surface area contributed by atoms with Gasteiger partial charge in [0.25, 0.3) is 0 Å². The van der Waals surface area contributed by atoms with Crippen LogP contribution in [0.3, 0.4) is 0 Å². The molecule has 7 nitrogen and oxygen atoms in total. The molecule has 0 aliphatic carbocycles. The van der Waals surface area contributed by atoms with Gasteiger partial charge >= 0.3 is 6.03 Å². The van der Waals surface area contributed by atoms with Crippen molar-refractivity contribution in [2.24, 2.45) is 7.05 Å². The molecule has 0 unspecified atom stereocenters. The van der Waals surface area contributed by atoms with Crippen molar-refractivity contribution >= 4 is 6.03 Å². The average Bonchev–Trinajstić information content (AvgIpc) is 3.25. The fourth-order valence-corrected chi connectivity index (χ4v) is 4.24. The second-order valence-electron chi connectivity index (χ2n) is 7.58. The van der Waals surface area contributed by atoms with Crippen LogP contribution in [0.25, 0.3) is 11.4 Å². The molecule has 134 valence electrons. The molecule has 2 aliphatic heterocycles. The van der Waals surface area contributed by atoms with Gasteiger partial charge in [-0.05, 0) is 39.2 Å². The third kappa shape index (κ3) is 2.62. The number of nitrogens with one attached hydrogen (secondary N) is 1. The molecule has 7 heteroatoms. The van der Waals surface area contributed by atoms with E-state index in [2.05, 4.69) is 15.0 Å². The van der Waals surface area contributed by atoms with E-state index in [0.29, 0.717) is 0 Å². The van der Waals surface area contributed by atoms with Crippen LogP contribution in [0, 0.1) is 0 Å². The maximum absolute atomic E-state index is 12.2. The molecule has 1 saturated heterocycles. The Morgan fingerprint density at radius 1 is 1.20 bits per heavy atom. The number of amides is 2. The Morgan fingerprint density at radius 2 is 1.92 bits per heavy atom. The molecular weight excluding hydrogens is 316 g/mol. The van der Waals surface area contributed by atoms with Crippen LogP contribution < -0.4 is 5.32 Å². The summed E-state index contributed by atoms with van der Waals surface area (Å²) in [6.07, 6.45) is 6.89. The summed E-state index contributed by atoms with van der Waals surface area (Å²) in [6, 6.07) is 2.27. The van der Waals surface area contributed by atoms with Crippen molar-refractivity contribution in [3.63, 3.8) is 0 Å². The number of hydrogen-bond acceptors (Lipinski definition) is 3. The number of fused-ring (bicyclic) bond motifs is 2. The largest absolute Gasteiger partial charge is 0.336 e. The maximum Gasteiger partial charge on any atom is 0.317 e. The van der Waals surface area contributed by atoms with Crippen LogP contribution >= 0.6 is 0 Å². The minimum Gasteiger partial charge on any atom is -0.336 e. The summed E-state index contributed by atoms with van der Waals surface area (Å²) >= 11 is 0. The number of piperidine rings is 1. The van der Waals surface area contributed by atoms with Crippen LogP contribution in [0.1, 0.15) is 38.9 Å². The van der Waals surface area contributed by atoms with Crippen LogP contribution in [0.2, 0.25) is 0 Å². The lowest BCUT2D eigenvalue weighted by Gasteiger charge is -2.38. The summed E-state index contributed by atoms with van der Waals surface area (Å²) in [6.45, 7) is 6.58. The Morgan fingerprint density at radius 3 is 2.56 bits per heavy atom. The van der Waals surface area contributed by atoms with Gasteiger partial charge in [0, 0.05) is 44.3 Å². The number of aryl methyl sites for hydroxylation is 1. The van der Waals surface area contributed by atoms with Crippen molar-refractivity contribution in [2.75, 3.05) is 13.1 Å². The van der Waals surface area contributed by atoms with E-state index < -0.39 is 0 Å². The molecule has 1 fully saturated rings. The quantitative estimate of drug-likeness (QED) is 0.909. The van der Waals surface area contributed by atoms with Gasteiger partial charge < -0.3 is 14.8 Å². The average molecular weight is 342 g/mol. The van der Waals surface area contributed by atoms with Gasteiger partial charge in [-0.2, -0.15) is 5.10 Å². The zero-order valence-electron chi connectivity index (χ0n) is 15.2. The lowest BCUT2D eigenvalue weighted by Crippen LogP contribution is -2.49. The molecule has 0 atom stereocenters. The number of hydrogen-bond donors (Lipinski definition) is 1. The molecule has 0 bridgehead atoms. The first-order chi connectivity index (χ1) is 12.0. The third-order valence-electron chi connectivity index (χ3n) is 5.65. The first kappa shape index (κ1) is 16.2. The summed E-state index contributed by atoms with van der Waals surface area (Å²) in [4.78, 5) is 19.0. The van der Waals surface area contributed by atoms with Crippen molar-refractivity contribution in [2.45, 2.75) is 51.1 Å². The highest BCUT2D eigenvalue weighted by Gasteiger charge is 2.44. The van der Waals surface area contributed by atoms with Crippen LogP contribution in [0.4, 0.5) is 4.79 Å². The van der Waals surface area contributed by atoms with E-state index in [-0.39, 0.29) is 17.5 Å². The van der Waals surface area contributed by atoms with Crippen LogP contribution in [-0.4, -0.2) is 49.4 Å². The fraction of sp³-hybridized carbons (Fsp3) is 0.611. The van der Waals surface area contributed by atoms with E-state index in [1.165, 1.54) is 5.82 Å². The number of rotatable bonds is 2. The number of carbonyl (C=O) groups is 1. The van der Waals surface area contributed by atoms with Gasteiger partial charge in [0.15, 0.2) is 0 Å². The summed E-state index contributed by atoms with van der Waals surface area (Å²) in [5.74, 6) is 1.19. The molecule has 2 aromatic rings. The predicted octanol–water partition coefficient (Wildman–Crippen LogP) is 2.14. The Kier molecular flexibility index (Phi) is 3.81. The number of nitrogens with zero attached hydrogens (tertiary/aromatic N) is 5. The molecular formula is C18H26N6O. The first-order valence-electron chi connectivity index (χ1n) is 9.10. The number of aromatic nitrogens is 4. The van der Waals surface area contributed by atoms with Crippen LogP contribution in [-0.2, 0) is 19.0 Å². The standard InChI is InChI=1S/C18H26N6O/c1-13(2)21-17(25)23-9-5-18(6-10-23)7-11-24-15(12-19-16(18)24)14-4-8-20-22(14)3/h4,8,12-13H,5-7,9-11H2,1-3H3,(H,21,25). The van der Waals surface area contributed by atoms with E-state index >= 15 is 0 Å². The number of imidazole rings is 1. The van der Waals surface area contributed by atoms with Crippen molar-refractivity contribution in [3.05, 3.63) is 24.3 Å². The maximum atomic E-state index is 12.2. The highest BCUT2D eigenvalue weighted by atomic mass is 16.2. The Bertz CT molecular complexity index is 781. The molecule has 1 N–H and O–H groups in total. The second-order valence-corrected chi connectivity index (χ2v) is 7.58. The molecule has 2 aliphatic rings. The van der Waals surface area contributed by atoms with E-state index in [0.717, 1.165) is 50.3 Å². The van der Waals surface area contributed by atoms with Gasteiger partial charge in [0.05, 0.1) is 17.6 Å². The number of urea groups is 1. The third-order valence-corrected chi connectivity index (χ3v) is 5.65. The molecule has 2 amide bonds. The lowest BCUT2D eigenvalue weighted by atomic mass is 9.77. The predicted molar refractivity (Wildman–Crippen MR) is 95.2 cm³/mol. The van der Waals surface area contributed by atoms with Gasteiger partial charge in [-0.25, -0.2) is 9.78 Å². The highest BCUT2D eigenvalue weighted by Crippen LogP contribution is 2.44. The molecule has 0 aromatic carbocycles. The Hall–Kier alpha value is -2.31. The smallest absolute Gasteiger partial charge is 0.317 e. The minimum atomic E-state index is 0.0572. The van der Waals surface area contributed by atoms with Crippen LogP contribution in [0.5, 0.6) is 0 Å². The summed E-state index contributed by atoms with van der Waals surface area (Å²) in [7, 11) is 1.96. The zero-order chi connectivity index (χ0) is 17.6. The second kappa shape index (κ2) is 5.89. The van der Waals surface area contributed by atoms with E-state index in [1.807, 2.05) is 48.9 Å². The highest BCUT2D eigenvalue weighted by molar-refractivity contribution is 5.74. The molecule has 25 heavy (non-hydrogen) atoms. The molecule has 4 heterocycles. The zero-order valence-corrected chi connectivity index (χ0v) is 15.2. The SMILES string of the molecule is CC(C)NC(=O)N1CCC2(CC1)CCn1c(-c3ccnn3C)cnc12. The van der Waals surface area contributed by atoms with Gasteiger partial charge in [-0.3, -0.25) is 4.68 Å². The topological polar surface area (TPSA) is 68.0 Å².